The molecule has 0 unspecified atom stereocenters. The molecule has 0 amide bonds. The van der Waals surface area contributed by atoms with Crippen LogP contribution in [0.5, 0.6) is 0 Å². The van der Waals surface area contributed by atoms with Crippen molar-refractivity contribution in [1.82, 2.24) is 25.9 Å². The van der Waals surface area contributed by atoms with Crippen molar-refractivity contribution < 1.29 is 0 Å². The monoisotopic (exact) mass is 417 g/mol. The van der Waals surface area contributed by atoms with Crippen molar-refractivity contribution in [2.45, 2.75) is 77.8 Å². The predicted octanol–water partition coefficient (Wildman–Crippen LogP) is 2.94. The molecule has 0 aliphatic rings. The maximum absolute atomic E-state index is 3.79. The summed E-state index contributed by atoms with van der Waals surface area (Å²) >= 11 is 0. The summed E-state index contributed by atoms with van der Waals surface area (Å²) in [7, 11) is -2.68. The van der Waals surface area contributed by atoms with Crippen LogP contribution in [0.25, 0.3) is 0 Å². The first-order valence-electron chi connectivity index (χ1n) is 10.8. The lowest BCUT2D eigenvalue weighted by Gasteiger charge is -2.37. The summed E-state index contributed by atoms with van der Waals surface area (Å²) in [5.74, 6) is 0. The minimum Gasteiger partial charge on any atom is -0.336 e. The molecule has 0 aromatic rings. The Morgan fingerprint density at radius 2 is 0.667 bits per heavy atom. The molecule has 0 atom stereocenters. The van der Waals surface area contributed by atoms with Crippen molar-refractivity contribution in [3.63, 3.8) is 0 Å². The molecule has 0 saturated heterocycles. The Balaban J connectivity index is 3.47. The van der Waals surface area contributed by atoms with E-state index >= 15 is 0 Å². The molecule has 0 fully saturated rings. The highest BCUT2D eigenvalue weighted by molar-refractivity contribution is 6.78. The standard InChI is InChI=1S/C20H51N5Si2/c1-19(2,3)26(7,8)24-17-15-22-13-11-21-12-14-23-16-18-25-27(9,10)20(4,5)6/h21-25H,11-18H2,1-10H3. The maximum atomic E-state index is 3.79. The Morgan fingerprint density at radius 1 is 0.444 bits per heavy atom. The molecular weight excluding hydrogens is 366 g/mol. The summed E-state index contributed by atoms with van der Waals surface area (Å²) in [6, 6.07) is 0. The molecule has 5 N–H and O–H groups in total. The van der Waals surface area contributed by atoms with Crippen molar-refractivity contribution in [1.29, 1.82) is 0 Å². The Hall–Kier alpha value is 0.234. The molecule has 0 aromatic heterocycles. The van der Waals surface area contributed by atoms with E-state index < -0.39 is 16.5 Å². The van der Waals surface area contributed by atoms with Crippen LogP contribution in [-0.4, -0.2) is 68.8 Å². The minimum absolute atomic E-state index is 0.405. The van der Waals surface area contributed by atoms with Crippen molar-refractivity contribution in [2.24, 2.45) is 0 Å². The Labute approximate surface area is 172 Å². The fraction of sp³-hybridized carbons (Fsp3) is 1.00. The number of nitrogens with one attached hydrogen (secondary N) is 5. The highest BCUT2D eigenvalue weighted by atomic mass is 28.3. The first kappa shape index (κ1) is 27.2. The third kappa shape index (κ3) is 11.7. The van der Waals surface area contributed by atoms with Crippen LogP contribution in [0, 0.1) is 0 Å². The van der Waals surface area contributed by atoms with Gasteiger partial charge in [0.25, 0.3) is 0 Å². The van der Waals surface area contributed by atoms with E-state index in [0.29, 0.717) is 10.1 Å². The van der Waals surface area contributed by atoms with Crippen LogP contribution in [0.1, 0.15) is 41.5 Å². The molecule has 0 bridgehead atoms. The summed E-state index contributed by atoms with van der Waals surface area (Å²) in [6.07, 6.45) is 0. The zero-order chi connectivity index (χ0) is 21.2. The molecule has 0 aliphatic carbocycles. The second kappa shape index (κ2) is 12.0. The largest absolute Gasteiger partial charge is 0.336 e. The van der Waals surface area contributed by atoms with Crippen LogP contribution in [0.2, 0.25) is 36.3 Å². The van der Waals surface area contributed by atoms with Gasteiger partial charge in [0.15, 0.2) is 0 Å². The number of hydrogen-bond acceptors (Lipinski definition) is 5. The van der Waals surface area contributed by atoms with Gasteiger partial charge in [0.05, 0.1) is 0 Å². The van der Waals surface area contributed by atoms with Gasteiger partial charge in [-0.2, -0.15) is 0 Å². The molecular formula is C20H51N5Si2. The number of rotatable bonds is 14. The van der Waals surface area contributed by atoms with E-state index in [0.717, 1.165) is 52.4 Å². The second-order valence-corrected chi connectivity index (χ2v) is 21.1. The molecule has 0 aliphatic heterocycles. The fourth-order valence-corrected chi connectivity index (χ4v) is 4.75. The Bertz CT molecular complexity index is 351. The van der Waals surface area contributed by atoms with Gasteiger partial charge >= 0.3 is 0 Å². The SMILES string of the molecule is CC(C)(C)[Si](C)(C)NCCNCCNCCNCCN[Si](C)(C)C(C)(C)C. The third-order valence-electron chi connectivity index (χ3n) is 6.44. The van der Waals surface area contributed by atoms with Crippen molar-refractivity contribution in [2.75, 3.05) is 52.4 Å². The normalized spacial score (nSPS) is 14.0. The van der Waals surface area contributed by atoms with E-state index in [9.17, 15) is 0 Å². The lowest BCUT2D eigenvalue weighted by Crippen LogP contribution is -2.54. The third-order valence-corrected chi connectivity index (χ3v) is 16.2. The average Bonchev–Trinajstić information content (AvgIpc) is 2.49. The quantitative estimate of drug-likeness (QED) is 0.222. The zero-order valence-electron chi connectivity index (χ0n) is 20.2. The van der Waals surface area contributed by atoms with Crippen LogP contribution >= 0.6 is 0 Å². The van der Waals surface area contributed by atoms with Crippen LogP contribution in [0.4, 0.5) is 0 Å². The van der Waals surface area contributed by atoms with Gasteiger partial charge < -0.3 is 25.9 Å². The smallest absolute Gasteiger partial charge is 0.124 e. The van der Waals surface area contributed by atoms with Gasteiger partial charge in [-0.25, -0.2) is 0 Å². The first-order chi connectivity index (χ1) is 12.2. The summed E-state index contributed by atoms with van der Waals surface area (Å²) in [5.41, 5.74) is 0. The molecule has 7 heteroatoms. The minimum atomic E-state index is -1.34. The molecule has 0 saturated carbocycles. The van der Waals surface area contributed by atoms with E-state index in [1.54, 1.807) is 0 Å². The highest BCUT2D eigenvalue weighted by Crippen LogP contribution is 2.34. The van der Waals surface area contributed by atoms with Crippen LogP contribution < -0.4 is 25.9 Å². The van der Waals surface area contributed by atoms with Gasteiger partial charge in [0.1, 0.15) is 16.5 Å². The second-order valence-electron chi connectivity index (χ2n) is 10.9. The maximum Gasteiger partial charge on any atom is 0.124 e. The molecule has 0 radical (unpaired) electrons. The van der Waals surface area contributed by atoms with Gasteiger partial charge in [-0.1, -0.05) is 67.7 Å². The molecule has 0 spiro atoms. The summed E-state index contributed by atoms with van der Waals surface area (Å²) < 4.78 is 0. The number of hydrogen-bond donors (Lipinski definition) is 5. The Morgan fingerprint density at radius 3 is 0.889 bits per heavy atom. The van der Waals surface area contributed by atoms with Crippen LogP contribution in [-0.2, 0) is 0 Å². The van der Waals surface area contributed by atoms with Crippen molar-refractivity contribution in [3.8, 4) is 0 Å². The summed E-state index contributed by atoms with van der Waals surface area (Å²) in [6.45, 7) is 32.1. The molecule has 0 rings (SSSR count). The van der Waals surface area contributed by atoms with E-state index in [4.69, 9.17) is 0 Å². The predicted molar refractivity (Wildman–Crippen MR) is 129 cm³/mol. The van der Waals surface area contributed by atoms with E-state index in [-0.39, 0.29) is 0 Å². The van der Waals surface area contributed by atoms with Gasteiger partial charge in [0.2, 0.25) is 0 Å². The zero-order valence-corrected chi connectivity index (χ0v) is 22.2. The topological polar surface area (TPSA) is 60.1 Å². The lowest BCUT2D eigenvalue weighted by atomic mass is 10.2. The van der Waals surface area contributed by atoms with Crippen LogP contribution in [0.3, 0.4) is 0 Å². The van der Waals surface area contributed by atoms with Gasteiger partial charge in [-0.15, -0.1) is 0 Å². The molecule has 0 heterocycles. The fourth-order valence-electron chi connectivity index (χ4n) is 2.19. The molecule has 5 nitrogen and oxygen atoms in total. The van der Waals surface area contributed by atoms with E-state index in [1.165, 1.54) is 0 Å². The summed E-state index contributed by atoms with van der Waals surface area (Å²) in [5, 5.41) is 11.4. The summed E-state index contributed by atoms with van der Waals surface area (Å²) in [4.78, 5) is 7.58. The van der Waals surface area contributed by atoms with Gasteiger partial charge in [0, 0.05) is 52.4 Å². The molecule has 0 aromatic carbocycles. The molecule has 27 heavy (non-hydrogen) atoms. The van der Waals surface area contributed by atoms with Gasteiger partial charge in [-0.3, -0.25) is 0 Å². The van der Waals surface area contributed by atoms with E-state index in [2.05, 4.69) is 93.6 Å². The average molecular weight is 418 g/mol. The highest BCUT2D eigenvalue weighted by Gasteiger charge is 2.35. The first-order valence-corrected chi connectivity index (χ1v) is 16.8. The van der Waals surface area contributed by atoms with Crippen molar-refractivity contribution >= 4 is 16.5 Å². The molecule has 164 valence electrons. The Kier molecular flexibility index (Phi) is 12.2. The van der Waals surface area contributed by atoms with Crippen molar-refractivity contribution in [3.05, 3.63) is 0 Å². The van der Waals surface area contributed by atoms with E-state index in [1.807, 2.05) is 0 Å². The van der Waals surface area contributed by atoms with Gasteiger partial charge in [-0.05, 0) is 10.1 Å². The van der Waals surface area contributed by atoms with Crippen LogP contribution in [0.15, 0.2) is 0 Å². The lowest BCUT2D eigenvalue weighted by molar-refractivity contribution is 0.574.